The van der Waals surface area contributed by atoms with Gasteiger partial charge in [-0.3, -0.25) is 0 Å². The van der Waals surface area contributed by atoms with Gasteiger partial charge in [0.15, 0.2) is 0 Å². The molecule has 2 unspecified atom stereocenters. The van der Waals surface area contributed by atoms with Crippen molar-refractivity contribution in [2.24, 2.45) is 5.92 Å². The molecular weight excluding hydrogens is 156 g/mol. The lowest BCUT2D eigenvalue weighted by atomic mass is 9.81. The van der Waals surface area contributed by atoms with E-state index in [1.165, 1.54) is 6.42 Å². The van der Waals surface area contributed by atoms with Crippen LogP contribution in [-0.2, 0) is 0 Å². The minimum absolute atomic E-state index is 0.00631. The summed E-state index contributed by atoms with van der Waals surface area (Å²) in [6.45, 7) is 2.45. The Balaban J connectivity index is 2.09. The molecule has 3 N–H and O–H groups in total. The van der Waals surface area contributed by atoms with Gasteiger partial charge in [-0.1, -0.05) is 6.92 Å². The predicted octanol–water partition coefficient (Wildman–Crippen LogP) is 0.0764. The van der Waals surface area contributed by atoms with Crippen molar-refractivity contribution in [2.75, 3.05) is 13.2 Å². The third kappa shape index (κ3) is 2.37. The third-order valence-electron chi connectivity index (χ3n) is 2.33. The molecule has 0 radical (unpaired) electrons. The second kappa shape index (κ2) is 4.30. The molecule has 0 aromatic heterocycles. The monoisotopic (exact) mass is 172 g/mol. The maximum Gasteiger partial charge on any atom is 0.315 e. The Morgan fingerprint density at radius 2 is 2.33 bits per heavy atom. The van der Waals surface area contributed by atoms with Crippen LogP contribution < -0.4 is 10.6 Å². The Morgan fingerprint density at radius 1 is 1.58 bits per heavy atom. The molecule has 0 aromatic carbocycles. The molecule has 1 rings (SSSR count). The topological polar surface area (TPSA) is 61.4 Å². The molecule has 2 amide bonds. The molecule has 0 aromatic rings. The first kappa shape index (κ1) is 9.32. The van der Waals surface area contributed by atoms with Crippen LogP contribution in [-0.4, -0.2) is 30.3 Å². The van der Waals surface area contributed by atoms with Crippen molar-refractivity contribution < 1.29 is 9.90 Å². The fourth-order valence-corrected chi connectivity index (χ4v) is 1.27. The van der Waals surface area contributed by atoms with Crippen LogP contribution in [0.4, 0.5) is 4.79 Å². The number of aliphatic hydroxyl groups is 1. The van der Waals surface area contributed by atoms with E-state index in [0.717, 1.165) is 6.42 Å². The van der Waals surface area contributed by atoms with Crippen molar-refractivity contribution in [3.8, 4) is 0 Å². The van der Waals surface area contributed by atoms with Crippen LogP contribution in [0.25, 0.3) is 0 Å². The highest BCUT2D eigenvalue weighted by Crippen LogP contribution is 2.25. The normalized spacial score (nSPS) is 27.5. The van der Waals surface area contributed by atoms with Crippen LogP contribution in [0.3, 0.4) is 0 Å². The SMILES string of the molecule is CC1CCC1NC(=O)NCCO. The highest BCUT2D eigenvalue weighted by molar-refractivity contribution is 5.74. The molecule has 1 aliphatic rings. The largest absolute Gasteiger partial charge is 0.395 e. The summed E-state index contributed by atoms with van der Waals surface area (Å²) in [5.74, 6) is 0.602. The van der Waals surface area contributed by atoms with Crippen LogP contribution in [0.1, 0.15) is 19.8 Å². The van der Waals surface area contributed by atoms with Crippen LogP contribution in [0, 0.1) is 5.92 Å². The molecule has 1 fully saturated rings. The van der Waals surface area contributed by atoms with E-state index in [-0.39, 0.29) is 12.6 Å². The summed E-state index contributed by atoms with van der Waals surface area (Å²) in [5, 5.41) is 13.8. The van der Waals surface area contributed by atoms with E-state index < -0.39 is 0 Å². The van der Waals surface area contributed by atoms with Crippen molar-refractivity contribution in [3.05, 3.63) is 0 Å². The molecule has 0 saturated heterocycles. The molecule has 0 bridgehead atoms. The Bertz CT molecular complexity index is 161. The highest BCUT2D eigenvalue weighted by atomic mass is 16.3. The fraction of sp³-hybridized carbons (Fsp3) is 0.875. The quantitative estimate of drug-likeness (QED) is 0.564. The number of hydrogen-bond donors (Lipinski definition) is 3. The molecule has 0 heterocycles. The van der Waals surface area contributed by atoms with Gasteiger partial charge in [0.05, 0.1) is 6.61 Å². The Labute approximate surface area is 72.3 Å². The first-order valence-electron chi connectivity index (χ1n) is 4.39. The fourth-order valence-electron chi connectivity index (χ4n) is 1.27. The summed E-state index contributed by atoms with van der Waals surface area (Å²) in [6.07, 6.45) is 2.28. The molecule has 1 aliphatic carbocycles. The smallest absolute Gasteiger partial charge is 0.315 e. The summed E-state index contributed by atoms with van der Waals surface area (Å²) < 4.78 is 0. The van der Waals surface area contributed by atoms with Crippen molar-refractivity contribution in [1.29, 1.82) is 0 Å². The van der Waals surface area contributed by atoms with E-state index in [1.54, 1.807) is 0 Å². The van der Waals surface area contributed by atoms with Crippen molar-refractivity contribution in [2.45, 2.75) is 25.8 Å². The summed E-state index contributed by atoms with van der Waals surface area (Å²) in [6, 6.07) is 0.171. The van der Waals surface area contributed by atoms with E-state index in [0.29, 0.717) is 18.5 Å². The average Bonchev–Trinajstić information content (AvgIpc) is 2.08. The maximum atomic E-state index is 11.0. The van der Waals surface area contributed by atoms with Crippen LogP contribution in [0.2, 0.25) is 0 Å². The molecule has 70 valence electrons. The highest BCUT2D eigenvalue weighted by Gasteiger charge is 2.27. The first-order valence-corrected chi connectivity index (χ1v) is 4.39. The summed E-state index contributed by atoms with van der Waals surface area (Å²) in [5.41, 5.74) is 0. The molecule has 0 aliphatic heterocycles. The Kier molecular flexibility index (Phi) is 3.34. The van der Waals surface area contributed by atoms with Gasteiger partial charge in [-0.25, -0.2) is 4.79 Å². The van der Waals surface area contributed by atoms with Crippen molar-refractivity contribution in [1.82, 2.24) is 10.6 Å². The Hall–Kier alpha value is -0.770. The van der Waals surface area contributed by atoms with Gasteiger partial charge in [0, 0.05) is 12.6 Å². The minimum atomic E-state index is -0.166. The first-order chi connectivity index (χ1) is 5.74. The number of hydrogen-bond acceptors (Lipinski definition) is 2. The van der Waals surface area contributed by atoms with E-state index in [4.69, 9.17) is 5.11 Å². The predicted molar refractivity (Wildman–Crippen MR) is 45.8 cm³/mol. The van der Waals surface area contributed by atoms with Crippen molar-refractivity contribution >= 4 is 6.03 Å². The average molecular weight is 172 g/mol. The lowest BCUT2D eigenvalue weighted by Crippen LogP contribution is -2.49. The number of aliphatic hydroxyl groups excluding tert-OH is 1. The van der Waals surface area contributed by atoms with E-state index in [9.17, 15) is 4.79 Å². The van der Waals surface area contributed by atoms with E-state index >= 15 is 0 Å². The minimum Gasteiger partial charge on any atom is -0.395 e. The number of nitrogens with one attached hydrogen (secondary N) is 2. The standard InChI is InChI=1S/C8H16N2O2/c1-6-2-3-7(6)10-8(12)9-4-5-11/h6-7,11H,2-5H2,1H3,(H2,9,10,12). The number of rotatable bonds is 3. The number of carbonyl (C=O) groups excluding carboxylic acids is 1. The van der Waals surface area contributed by atoms with Gasteiger partial charge in [-0.15, -0.1) is 0 Å². The lowest BCUT2D eigenvalue weighted by molar-refractivity contribution is 0.201. The second-order valence-electron chi connectivity index (χ2n) is 3.28. The van der Waals surface area contributed by atoms with Crippen LogP contribution in [0.15, 0.2) is 0 Å². The van der Waals surface area contributed by atoms with E-state index in [2.05, 4.69) is 17.6 Å². The van der Waals surface area contributed by atoms with Gasteiger partial charge in [0.2, 0.25) is 0 Å². The van der Waals surface area contributed by atoms with Gasteiger partial charge in [0.1, 0.15) is 0 Å². The zero-order chi connectivity index (χ0) is 8.97. The summed E-state index contributed by atoms with van der Waals surface area (Å²) >= 11 is 0. The molecule has 0 spiro atoms. The number of amides is 2. The van der Waals surface area contributed by atoms with Gasteiger partial charge in [-0.05, 0) is 18.8 Å². The van der Waals surface area contributed by atoms with Gasteiger partial charge in [-0.2, -0.15) is 0 Å². The molecule has 12 heavy (non-hydrogen) atoms. The van der Waals surface area contributed by atoms with Crippen LogP contribution in [0.5, 0.6) is 0 Å². The van der Waals surface area contributed by atoms with Crippen molar-refractivity contribution in [3.63, 3.8) is 0 Å². The maximum absolute atomic E-state index is 11.0. The zero-order valence-electron chi connectivity index (χ0n) is 7.34. The molecule has 2 atom stereocenters. The molecular formula is C8H16N2O2. The van der Waals surface area contributed by atoms with E-state index in [1.807, 2.05) is 0 Å². The summed E-state index contributed by atoms with van der Waals surface area (Å²) in [7, 11) is 0. The third-order valence-corrected chi connectivity index (χ3v) is 2.33. The second-order valence-corrected chi connectivity index (χ2v) is 3.28. The zero-order valence-corrected chi connectivity index (χ0v) is 7.34. The summed E-state index contributed by atoms with van der Waals surface area (Å²) in [4.78, 5) is 11.0. The lowest BCUT2D eigenvalue weighted by Gasteiger charge is -2.34. The van der Waals surface area contributed by atoms with Gasteiger partial charge >= 0.3 is 6.03 Å². The molecule has 4 heteroatoms. The molecule has 4 nitrogen and oxygen atoms in total. The number of carbonyl (C=O) groups is 1. The van der Waals surface area contributed by atoms with Crippen LogP contribution >= 0.6 is 0 Å². The van der Waals surface area contributed by atoms with Gasteiger partial charge in [0.25, 0.3) is 0 Å². The van der Waals surface area contributed by atoms with Gasteiger partial charge < -0.3 is 15.7 Å². The number of urea groups is 1. The molecule has 1 saturated carbocycles. The Morgan fingerprint density at radius 3 is 2.75 bits per heavy atom.